The first kappa shape index (κ1) is 29.8. The Morgan fingerprint density at radius 3 is 2.22 bits per heavy atom. The number of piperidine rings is 1. The second-order valence-electron chi connectivity index (χ2n) is 9.60. The number of esters is 1. The normalized spacial score (nSPS) is 13.6. The number of benzene rings is 2. The van der Waals surface area contributed by atoms with Gasteiger partial charge in [-0.1, -0.05) is 18.2 Å². The van der Waals surface area contributed by atoms with Crippen molar-refractivity contribution in [1.29, 1.82) is 0 Å². The molecule has 2 amide bonds. The first-order valence-electron chi connectivity index (χ1n) is 13.7. The fourth-order valence-electron chi connectivity index (χ4n) is 4.53. The molecule has 4 rings (SSSR count). The van der Waals surface area contributed by atoms with Gasteiger partial charge in [-0.2, -0.15) is 0 Å². The topological polar surface area (TPSA) is 115 Å². The molecule has 2 heterocycles. The highest BCUT2D eigenvalue weighted by Crippen LogP contribution is 2.24. The average Bonchev–Trinajstić information content (AvgIpc) is 3.01. The van der Waals surface area contributed by atoms with Crippen LogP contribution >= 0.6 is 0 Å². The number of carbonyl (C=O) groups excluding carboxylic acids is 2. The molecule has 0 spiro atoms. The van der Waals surface area contributed by atoms with Gasteiger partial charge in [0.15, 0.2) is 6.29 Å². The van der Waals surface area contributed by atoms with Crippen LogP contribution in [0.3, 0.4) is 0 Å². The third kappa shape index (κ3) is 8.63. The van der Waals surface area contributed by atoms with Crippen LogP contribution in [0.1, 0.15) is 30.1 Å². The SMILES string of the molecule is CCOC(=O)c1cnc(N2CCC(CN(CC(OC)OC)C(=O)Nc3ccc(Oc4ccccc4)cc3)CC2)nc1. The third-order valence-corrected chi connectivity index (χ3v) is 6.79. The molecule has 1 aromatic heterocycles. The predicted octanol–water partition coefficient (Wildman–Crippen LogP) is 4.82. The van der Waals surface area contributed by atoms with Gasteiger partial charge in [0.25, 0.3) is 0 Å². The van der Waals surface area contributed by atoms with Gasteiger partial charge in [-0.3, -0.25) is 0 Å². The van der Waals surface area contributed by atoms with Gasteiger partial charge < -0.3 is 34.1 Å². The van der Waals surface area contributed by atoms with Crippen molar-refractivity contribution in [2.75, 3.05) is 57.2 Å². The number of rotatable bonds is 12. The molecule has 11 nitrogen and oxygen atoms in total. The summed E-state index contributed by atoms with van der Waals surface area (Å²) in [5, 5.41) is 2.99. The Morgan fingerprint density at radius 2 is 1.61 bits per heavy atom. The number of carbonyl (C=O) groups is 2. The summed E-state index contributed by atoms with van der Waals surface area (Å²) >= 11 is 0. The monoisotopic (exact) mass is 563 g/mol. The lowest BCUT2D eigenvalue weighted by molar-refractivity contribution is -0.111. The smallest absolute Gasteiger partial charge is 0.341 e. The van der Waals surface area contributed by atoms with Gasteiger partial charge in [-0.15, -0.1) is 0 Å². The quantitative estimate of drug-likeness (QED) is 0.245. The maximum absolute atomic E-state index is 13.4. The lowest BCUT2D eigenvalue weighted by atomic mass is 9.96. The lowest BCUT2D eigenvalue weighted by Crippen LogP contribution is -2.46. The minimum Gasteiger partial charge on any atom is -0.462 e. The summed E-state index contributed by atoms with van der Waals surface area (Å²) in [5.41, 5.74) is 0.987. The molecule has 11 heteroatoms. The van der Waals surface area contributed by atoms with E-state index in [0.717, 1.165) is 31.7 Å². The van der Waals surface area contributed by atoms with Gasteiger partial charge in [0.1, 0.15) is 11.5 Å². The van der Waals surface area contributed by atoms with Crippen LogP contribution in [0, 0.1) is 5.92 Å². The third-order valence-electron chi connectivity index (χ3n) is 6.79. The second-order valence-corrected chi connectivity index (χ2v) is 9.60. The summed E-state index contributed by atoms with van der Waals surface area (Å²) in [4.78, 5) is 37.8. The minimum absolute atomic E-state index is 0.235. The highest BCUT2D eigenvalue weighted by Gasteiger charge is 2.27. The molecule has 0 saturated carbocycles. The molecular formula is C30H37N5O6. The van der Waals surface area contributed by atoms with Crippen molar-refractivity contribution in [2.24, 2.45) is 5.92 Å². The number of nitrogens with one attached hydrogen (secondary N) is 1. The first-order chi connectivity index (χ1) is 20.0. The molecule has 0 aliphatic carbocycles. The molecule has 1 aliphatic rings. The lowest BCUT2D eigenvalue weighted by Gasteiger charge is -2.35. The van der Waals surface area contributed by atoms with E-state index in [2.05, 4.69) is 20.2 Å². The fourth-order valence-corrected chi connectivity index (χ4v) is 4.53. The summed E-state index contributed by atoms with van der Waals surface area (Å²) in [6, 6.07) is 16.5. The van der Waals surface area contributed by atoms with Crippen molar-refractivity contribution in [2.45, 2.75) is 26.1 Å². The Labute approximate surface area is 240 Å². The second kappa shape index (κ2) is 15.0. The average molecular weight is 564 g/mol. The van der Waals surface area contributed by atoms with Crippen LogP contribution in [-0.2, 0) is 14.2 Å². The van der Waals surface area contributed by atoms with Crippen LogP contribution in [0.2, 0.25) is 0 Å². The number of para-hydroxylation sites is 1. The zero-order valence-corrected chi connectivity index (χ0v) is 23.7. The molecule has 1 aliphatic heterocycles. The number of nitrogens with zero attached hydrogens (tertiary/aromatic N) is 4. The molecule has 0 atom stereocenters. The van der Waals surface area contributed by atoms with E-state index in [-0.39, 0.29) is 18.5 Å². The Kier molecular flexibility index (Phi) is 10.9. The summed E-state index contributed by atoms with van der Waals surface area (Å²) in [5.74, 6) is 1.83. The predicted molar refractivity (Wildman–Crippen MR) is 154 cm³/mol. The Bertz CT molecular complexity index is 1230. The summed E-state index contributed by atoms with van der Waals surface area (Å²) < 4.78 is 21.6. The van der Waals surface area contributed by atoms with Crippen molar-refractivity contribution in [1.82, 2.24) is 14.9 Å². The van der Waals surface area contributed by atoms with Crippen LogP contribution in [0.15, 0.2) is 67.0 Å². The minimum atomic E-state index is -0.547. The van der Waals surface area contributed by atoms with E-state index in [1.165, 1.54) is 12.4 Å². The summed E-state index contributed by atoms with van der Waals surface area (Å²) in [7, 11) is 3.11. The molecule has 3 aromatic rings. The summed E-state index contributed by atoms with van der Waals surface area (Å²) in [6.07, 6.45) is 4.14. The highest BCUT2D eigenvalue weighted by molar-refractivity contribution is 5.89. The molecule has 218 valence electrons. The van der Waals surface area contributed by atoms with Crippen LogP contribution in [0.5, 0.6) is 11.5 Å². The van der Waals surface area contributed by atoms with Gasteiger partial charge >= 0.3 is 12.0 Å². The zero-order valence-electron chi connectivity index (χ0n) is 23.7. The molecule has 1 fully saturated rings. The van der Waals surface area contributed by atoms with E-state index in [1.54, 1.807) is 26.0 Å². The van der Waals surface area contributed by atoms with Crippen molar-refractivity contribution in [3.63, 3.8) is 0 Å². The number of hydrogen-bond donors (Lipinski definition) is 1. The highest BCUT2D eigenvalue weighted by atomic mass is 16.7. The maximum Gasteiger partial charge on any atom is 0.341 e. The van der Waals surface area contributed by atoms with E-state index < -0.39 is 12.3 Å². The Morgan fingerprint density at radius 1 is 0.976 bits per heavy atom. The zero-order chi connectivity index (χ0) is 29.0. The number of aromatic nitrogens is 2. The van der Waals surface area contributed by atoms with E-state index in [0.29, 0.717) is 36.1 Å². The number of hydrogen-bond acceptors (Lipinski definition) is 9. The van der Waals surface area contributed by atoms with E-state index in [9.17, 15) is 9.59 Å². The number of methoxy groups -OCH3 is 2. The van der Waals surface area contributed by atoms with Crippen LogP contribution < -0.4 is 15.0 Å². The summed E-state index contributed by atoms with van der Waals surface area (Å²) in [6.45, 7) is 4.36. The fraction of sp³-hybridized carbons (Fsp3) is 0.400. The molecule has 41 heavy (non-hydrogen) atoms. The van der Waals surface area contributed by atoms with Crippen molar-refractivity contribution in [3.8, 4) is 11.5 Å². The molecule has 0 unspecified atom stereocenters. The number of urea groups is 1. The largest absolute Gasteiger partial charge is 0.462 e. The Hall–Kier alpha value is -4.22. The Balaban J connectivity index is 1.33. The van der Waals surface area contributed by atoms with Gasteiger partial charge in [0, 0.05) is 51.9 Å². The van der Waals surface area contributed by atoms with Crippen molar-refractivity contribution in [3.05, 3.63) is 72.6 Å². The van der Waals surface area contributed by atoms with Gasteiger partial charge in [-0.05, 0) is 62.1 Å². The van der Waals surface area contributed by atoms with E-state index in [4.69, 9.17) is 18.9 Å². The number of amides is 2. The molecule has 1 N–H and O–H groups in total. The van der Waals surface area contributed by atoms with E-state index in [1.807, 2.05) is 54.6 Å². The maximum atomic E-state index is 13.4. The molecule has 1 saturated heterocycles. The number of anilines is 2. The number of ether oxygens (including phenoxy) is 4. The molecular weight excluding hydrogens is 526 g/mol. The van der Waals surface area contributed by atoms with Gasteiger partial charge in [0.05, 0.1) is 18.7 Å². The van der Waals surface area contributed by atoms with Gasteiger partial charge in [0.2, 0.25) is 5.95 Å². The van der Waals surface area contributed by atoms with Crippen LogP contribution in [0.25, 0.3) is 0 Å². The standard InChI is InChI=1S/C30H37N5O6/c1-4-40-28(36)23-18-31-29(32-19-23)34-16-14-22(15-17-34)20-35(21-27(38-2)39-3)30(37)33-24-10-12-26(13-11-24)41-25-8-6-5-7-9-25/h5-13,18-19,22,27H,4,14-17,20-21H2,1-3H3,(H,33,37). The first-order valence-corrected chi connectivity index (χ1v) is 13.7. The molecule has 2 aromatic carbocycles. The molecule has 0 radical (unpaired) electrons. The molecule has 0 bridgehead atoms. The van der Waals surface area contributed by atoms with Gasteiger partial charge in [-0.25, -0.2) is 19.6 Å². The van der Waals surface area contributed by atoms with E-state index >= 15 is 0 Å². The van der Waals surface area contributed by atoms with Crippen LogP contribution in [-0.4, -0.2) is 80.2 Å². The van der Waals surface area contributed by atoms with Crippen LogP contribution in [0.4, 0.5) is 16.4 Å². The van der Waals surface area contributed by atoms with Crippen molar-refractivity contribution < 1.29 is 28.5 Å². The van der Waals surface area contributed by atoms with Crippen molar-refractivity contribution >= 4 is 23.6 Å².